The molecule has 5 rings (SSSR count). The van der Waals surface area contributed by atoms with E-state index >= 15 is 0 Å². The lowest BCUT2D eigenvalue weighted by atomic mass is 10.2. The molecule has 2 aromatic heterocycles. The summed E-state index contributed by atoms with van der Waals surface area (Å²) in [6.45, 7) is 0.449. The quantitative estimate of drug-likeness (QED) is 0.402. The van der Waals surface area contributed by atoms with Gasteiger partial charge in [-0.1, -0.05) is 29.8 Å². The third-order valence-electron chi connectivity index (χ3n) is 5.70. The van der Waals surface area contributed by atoms with E-state index in [1.165, 1.54) is 33.5 Å². The van der Waals surface area contributed by atoms with Gasteiger partial charge in [0, 0.05) is 27.4 Å². The number of nitrogens with zero attached hydrogens (tertiary/aromatic N) is 3. The molecule has 3 heterocycles. The van der Waals surface area contributed by atoms with Crippen LogP contribution in [0, 0.1) is 0 Å². The second-order valence-electron chi connectivity index (χ2n) is 7.62. The summed E-state index contributed by atoms with van der Waals surface area (Å²) in [7, 11) is 0. The molecular weight excluding hydrogens is 438 g/mol. The number of thioether (sulfide) groups is 1. The average molecular weight is 458 g/mol. The number of hydrogen-bond donors (Lipinski definition) is 0. The fourth-order valence-electron chi connectivity index (χ4n) is 4.19. The molecule has 0 saturated carbocycles. The van der Waals surface area contributed by atoms with Gasteiger partial charge in [-0.3, -0.25) is 14.5 Å². The van der Waals surface area contributed by atoms with Gasteiger partial charge in [-0.2, -0.15) is 0 Å². The summed E-state index contributed by atoms with van der Waals surface area (Å²) in [6, 6.07) is 6.71. The first kappa shape index (κ1) is 20.0. The number of likely N-dealkylation sites (tertiary alicyclic amines) is 1. The topological polar surface area (TPSA) is 63.2 Å². The van der Waals surface area contributed by atoms with Crippen molar-refractivity contribution in [3.63, 3.8) is 0 Å². The molecule has 3 aromatic rings. The molecule has 0 bridgehead atoms. The molecule has 30 heavy (non-hydrogen) atoms. The maximum absolute atomic E-state index is 13.4. The van der Waals surface area contributed by atoms with Crippen LogP contribution in [0.2, 0.25) is 5.02 Å². The van der Waals surface area contributed by atoms with Crippen LogP contribution in [0.4, 0.5) is 0 Å². The van der Waals surface area contributed by atoms with E-state index in [9.17, 15) is 9.59 Å². The average Bonchev–Trinajstić information content (AvgIpc) is 3.29. The number of hydrogen-bond acceptors (Lipinski definition) is 6. The number of amides is 2. The molecule has 1 fully saturated rings. The predicted molar refractivity (Wildman–Crippen MR) is 120 cm³/mol. The van der Waals surface area contributed by atoms with Crippen LogP contribution in [0.3, 0.4) is 0 Å². The molecule has 1 saturated heterocycles. The Labute approximate surface area is 187 Å². The highest BCUT2D eigenvalue weighted by Crippen LogP contribution is 2.42. The minimum absolute atomic E-state index is 0.129. The lowest BCUT2D eigenvalue weighted by molar-refractivity contribution is -0.127. The second kappa shape index (κ2) is 8.29. The summed E-state index contributed by atoms with van der Waals surface area (Å²) in [4.78, 5) is 39.2. The molecule has 1 aliphatic carbocycles. The zero-order chi connectivity index (χ0) is 20.7. The van der Waals surface area contributed by atoms with Crippen LogP contribution < -0.4 is 0 Å². The molecule has 2 aliphatic rings. The van der Waals surface area contributed by atoms with Gasteiger partial charge in [0.05, 0.1) is 5.25 Å². The number of halogens is 1. The Morgan fingerprint density at radius 2 is 1.97 bits per heavy atom. The molecule has 154 valence electrons. The van der Waals surface area contributed by atoms with Crippen molar-refractivity contribution < 1.29 is 9.59 Å². The standard InChI is InChI=1S/C22H20ClN3O2S2/c23-14-9-7-13(8-10-14)21(27)26-11-2-1-5-17(22(26)28)30-20-18-15-4-3-6-16(15)29-19(18)24-12-25-20/h7-10,12,17H,1-6,11H2/t17-/m1/s1. The molecule has 5 nitrogen and oxygen atoms in total. The van der Waals surface area contributed by atoms with E-state index in [4.69, 9.17) is 11.6 Å². The van der Waals surface area contributed by atoms with Gasteiger partial charge in [0.2, 0.25) is 5.91 Å². The number of thiophene rings is 1. The Morgan fingerprint density at radius 3 is 2.80 bits per heavy atom. The predicted octanol–water partition coefficient (Wildman–Crippen LogP) is 5.15. The van der Waals surface area contributed by atoms with Crippen molar-refractivity contribution in [3.05, 3.63) is 51.6 Å². The van der Waals surface area contributed by atoms with Crippen molar-refractivity contribution in [1.82, 2.24) is 14.9 Å². The fraction of sp³-hybridized carbons (Fsp3) is 0.364. The van der Waals surface area contributed by atoms with Crippen LogP contribution >= 0.6 is 34.7 Å². The van der Waals surface area contributed by atoms with Gasteiger partial charge >= 0.3 is 0 Å². The fourth-order valence-corrected chi connectivity index (χ4v) is 6.84. The zero-order valence-electron chi connectivity index (χ0n) is 16.3. The summed E-state index contributed by atoms with van der Waals surface area (Å²) in [5.74, 6) is -0.385. The summed E-state index contributed by atoms with van der Waals surface area (Å²) in [5.41, 5.74) is 1.84. The number of imide groups is 1. The maximum atomic E-state index is 13.4. The lowest BCUT2D eigenvalue weighted by Gasteiger charge is -2.22. The Balaban J connectivity index is 1.43. The number of benzene rings is 1. The van der Waals surface area contributed by atoms with Crippen molar-refractivity contribution in [2.24, 2.45) is 0 Å². The largest absolute Gasteiger partial charge is 0.278 e. The number of aryl methyl sites for hydroxylation is 2. The van der Waals surface area contributed by atoms with Crippen molar-refractivity contribution in [2.75, 3.05) is 6.54 Å². The maximum Gasteiger partial charge on any atom is 0.260 e. The molecule has 0 N–H and O–H groups in total. The van der Waals surface area contributed by atoms with Crippen LogP contribution in [0.1, 0.15) is 46.5 Å². The van der Waals surface area contributed by atoms with Crippen LogP contribution in [0.5, 0.6) is 0 Å². The normalized spacial score (nSPS) is 19.2. The van der Waals surface area contributed by atoms with E-state index in [0.717, 1.165) is 47.3 Å². The van der Waals surface area contributed by atoms with Gasteiger partial charge in [-0.25, -0.2) is 9.97 Å². The molecule has 1 atom stereocenters. The zero-order valence-corrected chi connectivity index (χ0v) is 18.7. The van der Waals surface area contributed by atoms with Crippen molar-refractivity contribution in [1.29, 1.82) is 0 Å². The number of rotatable bonds is 3. The van der Waals surface area contributed by atoms with Gasteiger partial charge in [0.15, 0.2) is 0 Å². The van der Waals surface area contributed by atoms with E-state index < -0.39 is 0 Å². The molecule has 0 unspecified atom stereocenters. The van der Waals surface area contributed by atoms with Gasteiger partial charge in [-0.05, 0) is 61.9 Å². The van der Waals surface area contributed by atoms with Gasteiger partial charge in [-0.15, -0.1) is 11.3 Å². The minimum Gasteiger partial charge on any atom is -0.278 e. The molecule has 1 aliphatic heterocycles. The van der Waals surface area contributed by atoms with Crippen LogP contribution in [-0.4, -0.2) is 38.5 Å². The third kappa shape index (κ3) is 3.63. The Kier molecular flexibility index (Phi) is 5.52. The minimum atomic E-state index is -0.321. The van der Waals surface area contributed by atoms with Crippen molar-refractivity contribution in [3.8, 4) is 0 Å². The molecule has 0 spiro atoms. The van der Waals surface area contributed by atoms with E-state index in [-0.39, 0.29) is 17.1 Å². The number of carbonyl (C=O) groups is 2. The summed E-state index contributed by atoms with van der Waals surface area (Å²) in [5, 5.41) is 2.24. The third-order valence-corrected chi connectivity index (χ3v) is 8.40. The summed E-state index contributed by atoms with van der Waals surface area (Å²) in [6.07, 6.45) is 7.38. The van der Waals surface area contributed by atoms with Crippen LogP contribution in [0.25, 0.3) is 10.2 Å². The monoisotopic (exact) mass is 457 g/mol. The molecule has 1 aromatic carbocycles. The first-order valence-electron chi connectivity index (χ1n) is 10.1. The van der Waals surface area contributed by atoms with E-state index in [1.807, 2.05) is 0 Å². The van der Waals surface area contributed by atoms with E-state index in [0.29, 0.717) is 17.1 Å². The molecule has 8 heteroatoms. The molecule has 0 radical (unpaired) electrons. The Bertz CT molecular complexity index is 1130. The summed E-state index contributed by atoms with van der Waals surface area (Å²) < 4.78 is 0. The second-order valence-corrected chi connectivity index (χ2v) is 10.3. The highest BCUT2D eigenvalue weighted by atomic mass is 35.5. The van der Waals surface area contributed by atoms with Crippen molar-refractivity contribution >= 4 is 56.7 Å². The first-order valence-corrected chi connectivity index (χ1v) is 12.2. The Morgan fingerprint density at radius 1 is 1.13 bits per heavy atom. The van der Waals surface area contributed by atoms with Crippen molar-refractivity contribution in [2.45, 2.75) is 48.8 Å². The number of carbonyl (C=O) groups excluding carboxylic acids is 2. The lowest BCUT2D eigenvalue weighted by Crippen LogP contribution is -2.41. The Hall–Kier alpha value is -1.96. The van der Waals surface area contributed by atoms with Crippen LogP contribution in [-0.2, 0) is 17.6 Å². The smallest absolute Gasteiger partial charge is 0.260 e. The SMILES string of the molecule is O=C(c1ccc(Cl)cc1)N1CCCC[C@@H](Sc2ncnc3sc4c(c23)CCC4)C1=O. The van der Waals surface area contributed by atoms with Crippen LogP contribution in [0.15, 0.2) is 35.6 Å². The highest BCUT2D eigenvalue weighted by Gasteiger charge is 2.33. The van der Waals surface area contributed by atoms with Gasteiger partial charge in [0.25, 0.3) is 5.91 Å². The number of fused-ring (bicyclic) bond motifs is 3. The highest BCUT2D eigenvalue weighted by molar-refractivity contribution is 8.00. The first-order chi connectivity index (χ1) is 14.6. The van der Waals surface area contributed by atoms with E-state index in [2.05, 4.69) is 9.97 Å². The molecule has 2 amide bonds. The molecular formula is C22H20ClN3O2S2. The summed E-state index contributed by atoms with van der Waals surface area (Å²) >= 11 is 9.19. The van der Waals surface area contributed by atoms with Gasteiger partial charge < -0.3 is 0 Å². The number of aromatic nitrogens is 2. The van der Waals surface area contributed by atoms with E-state index in [1.54, 1.807) is 41.9 Å². The van der Waals surface area contributed by atoms with Gasteiger partial charge in [0.1, 0.15) is 16.2 Å².